The fourth-order valence-electron chi connectivity index (χ4n) is 4.43. The van der Waals surface area contributed by atoms with E-state index in [0.29, 0.717) is 24.2 Å². The Morgan fingerprint density at radius 2 is 1.90 bits per heavy atom. The number of benzene rings is 1. The molecule has 1 fully saturated rings. The molecule has 1 atom stereocenters. The van der Waals surface area contributed by atoms with Gasteiger partial charge < -0.3 is 20.7 Å². The summed E-state index contributed by atoms with van der Waals surface area (Å²) in [7, 11) is 2.12. The maximum Gasteiger partial charge on any atom is 0.252 e. The Labute approximate surface area is 187 Å². The number of anilines is 1. The Hall–Kier alpha value is -1.67. The third kappa shape index (κ3) is 5.14. The van der Waals surface area contributed by atoms with Crippen LogP contribution in [0.25, 0.3) is 0 Å². The zero-order valence-electron chi connectivity index (χ0n) is 18.3. The SMILES string of the molecule is Cc1cc(C)c(CNC(O)c2cc(Br)cc(N(C)[C@H]3CC[C@H](N)CC3)c2C)c(=O)[nH]1. The quantitative estimate of drug-likeness (QED) is 0.478. The third-order valence-corrected chi connectivity index (χ3v) is 6.77. The normalized spacial score (nSPS) is 20.2. The Bertz CT molecular complexity index is 951. The van der Waals surface area contributed by atoms with Gasteiger partial charge in [-0.1, -0.05) is 15.9 Å². The van der Waals surface area contributed by atoms with Gasteiger partial charge in [-0.05, 0) is 75.8 Å². The summed E-state index contributed by atoms with van der Waals surface area (Å²) in [5, 5.41) is 14.0. The van der Waals surface area contributed by atoms with Crippen molar-refractivity contribution in [2.45, 2.75) is 71.3 Å². The first-order valence-electron chi connectivity index (χ1n) is 10.6. The largest absolute Gasteiger partial charge is 0.374 e. The second-order valence-corrected chi connectivity index (χ2v) is 9.46. The van der Waals surface area contributed by atoms with Gasteiger partial charge in [0.25, 0.3) is 5.56 Å². The van der Waals surface area contributed by atoms with Crippen LogP contribution in [0.3, 0.4) is 0 Å². The molecule has 1 aromatic carbocycles. The summed E-state index contributed by atoms with van der Waals surface area (Å²) in [5.41, 5.74) is 11.3. The Balaban J connectivity index is 1.80. The number of pyridine rings is 1. The molecule has 164 valence electrons. The summed E-state index contributed by atoms with van der Waals surface area (Å²) in [5.74, 6) is 0. The number of aryl methyl sites for hydroxylation is 2. The molecule has 1 heterocycles. The van der Waals surface area contributed by atoms with E-state index in [9.17, 15) is 9.90 Å². The van der Waals surface area contributed by atoms with Crippen molar-refractivity contribution in [2.75, 3.05) is 11.9 Å². The zero-order valence-corrected chi connectivity index (χ0v) is 19.8. The van der Waals surface area contributed by atoms with Crippen molar-refractivity contribution in [2.24, 2.45) is 5.73 Å². The van der Waals surface area contributed by atoms with Crippen molar-refractivity contribution in [1.29, 1.82) is 0 Å². The second kappa shape index (κ2) is 9.64. The summed E-state index contributed by atoms with van der Waals surface area (Å²) in [4.78, 5) is 17.4. The van der Waals surface area contributed by atoms with Crippen molar-refractivity contribution >= 4 is 21.6 Å². The van der Waals surface area contributed by atoms with Crippen LogP contribution in [-0.2, 0) is 6.54 Å². The molecule has 1 aliphatic carbocycles. The molecule has 0 spiro atoms. The predicted molar refractivity (Wildman–Crippen MR) is 126 cm³/mol. The molecular weight excluding hydrogens is 444 g/mol. The van der Waals surface area contributed by atoms with Gasteiger partial charge in [0.2, 0.25) is 0 Å². The maximum absolute atomic E-state index is 12.3. The van der Waals surface area contributed by atoms with E-state index in [4.69, 9.17) is 5.73 Å². The lowest BCUT2D eigenvalue weighted by atomic mass is 9.90. The summed E-state index contributed by atoms with van der Waals surface area (Å²) in [6.45, 7) is 6.11. The molecule has 30 heavy (non-hydrogen) atoms. The molecule has 1 aliphatic rings. The van der Waals surface area contributed by atoms with Crippen LogP contribution in [0.15, 0.2) is 27.5 Å². The van der Waals surface area contributed by atoms with Crippen molar-refractivity contribution in [3.8, 4) is 0 Å². The van der Waals surface area contributed by atoms with Gasteiger partial charge in [0.05, 0.1) is 0 Å². The summed E-state index contributed by atoms with van der Waals surface area (Å²) in [6.07, 6.45) is 3.37. The molecule has 0 aliphatic heterocycles. The molecule has 0 saturated heterocycles. The molecule has 2 aromatic rings. The predicted octanol–water partition coefficient (Wildman–Crippen LogP) is 3.55. The first kappa shape index (κ1) is 23.0. The molecule has 1 aromatic heterocycles. The molecular formula is C23H33BrN4O2. The number of hydrogen-bond acceptors (Lipinski definition) is 5. The lowest BCUT2D eigenvalue weighted by Gasteiger charge is -2.36. The molecule has 1 unspecified atom stereocenters. The van der Waals surface area contributed by atoms with Gasteiger partial charge in [-0.15, -0.1) is 0 Å². The Kier molecular flexibility index (Phi) is 7.39. The van der Waals surface area contributed by atoms with Crippen molar-refractivity contribution in [1.82, 2.24) is 10.3 Å². The fourth-order valence-corrected chi connectivity index (χ4v) is 4.89. The number of aromatic amines is 1. The van der Waals surface area contributed by atoms with Crippen LogP contribution in [0.5, 0.6) is 0 Å². The van der Waals surface area contributed by atoms with Gasteiger partial charge in [-0.25, -0.2) is 0 Å². The third-order valence-electron chi connectivity index (χ3n) is 6.31. The van der Waals surface area contributed by atoms with Crippen LogP contribution in [0, 0.1) is 20.8 Å². The lowest BCUT2D eigenvalue weighted by molar-refractivity contribution is 0.136. The topological polar surface area (TPSA) is 94.4 Å². The van der Waals surface area contributed by atoms with E-state index >= 15 is 0 Å². The summed E-state index contributed by atoms with van der Waals surface area (Å²) in [6, 6.07) is 6.75. The van der Waals surface area contributed by atoms with Crippen LogP contribution in [0.2, 0.25) is 0 Å². The minimum absolute atomic E-state index is 0.117. The first-order chi connectivity index (χ1) is 14.2. The molecule has 3 rings (SSSR count). The number of nitrogens with one attached hydrogen (secondary N) is 2. The molecule has 0 amide bonds. The van der Waals surface area contributed by atoms with Crippen molar-refractivity contribution in [3.63, 3.8) is 0 Å². The average Bonchev–Trinajstić information content (AvgIpc) is 2.68. The molecule has 7 heteroatoms. The number of aliphatic hydroxyl groups is 1. The number of halogens is 1. The van der Waals surface area contributed by atoms with E-state index in [0.717, 1.165) is 58.2 Å². The van der Waals surface area contributed by atoms with E-state index in [1.807, 2.05) is 32.9 Å². The van der Waals surface area contributed by atoms with Crippen LogP contribution in [-0.4, -0.2) is 29.2 Å². The van der Waals surface area contributed by atoms with Crippen molar-refractivity contribution < 1.29 is 5.11 Å². The molecule has 1 saturated carbocycles. The van der Waals surface area contributed by atoms with Gasteiger partial charge in [0.1, 0.15) is 6.23 Å². The van der Waals surface area contributed by atoms with Crippen LogP contribution >= 0.6 is 15.9 Å². The average molecular weight is 477 g/mol. The minimum atomic E-state index is -0.880. The highest BCUT2D eigenvalue weighted by Crippen LogP contribution is 2.34. The van der Waals surface area contributed by atoms with Gasteiger partial charge >= 0.3 is 0 Å². The van der Waals surface area contributed by atoms with E-state index in [1.165, 1.54) is 0 Å². The smallest absolute Gasteiger partial charge is 0.252 e. The van der Waals surface area contributed by atoms with E-state index in [2.05, 4.69) is 44.2 Å². The highest BCUT2D eigenvalue weighted by molar-refractivity contribution is 9.10. The van der Waals surface area contributed by atoms with E-state index < -0.39 is 6.23 Å². The molecule has 5 N–H and O–H groups in total. The Morgan fingerprint density at radius 3 is 2.53 bits per heavy atom. The van der Waals surface area contributed by atoms with Crippen LogP contribution in [0.1, 0.15) is 59.9 Å². The van der Waals surface area contributed by atoms with Crippen molar-refractivity contribution in [3.05, 3.63) is 61.0 Å². The van der Waals surface area contributed by atoms with Crippen LogP contribution in [0.4, 0.5) is 5.69 Å². The highest BCUT2D eigenvalue weighted by Gasteiger charge is 2.25. The number of rotatable bonds is 6. The number of nitrogens with two attached hydrogens (primary N) is 1. The van der Waals surface area contributed by atoms with Gasteiger partial charge in [0.15, 0.2) is 0 Å². The van der Waals surface area contributed by atoms with E-state index in [1.54, 1.807) is 0 Å². The molecule has 0 radical (unpaired) electrons. The first-order valence-corrected chi connectivity index (χ1v) is 11.4. The fraction of sp³-hybridized carbons (Fsp3) is 0.522. The number of aliphatic hydroxyl groups excluding tert-OH is 1. The Morgan fingerprint density at radius 1 is 1.23 bits per heavy atom. The highest BCUT2D eigenvalue weighted by atomic mass is 79.9. The standard InChI is InChI=1S/C23H33BrN4O2/c1-13-9-14(2)27-23(30)20(13)12-26-22(29)19-10-16(24)11-21(15(19)3)28(4)18-7-5-17(25)6-8-18/h9-11,17-18,22,26,29H,5-8,12,25H2,1-4H3,(H,27,30)/t17-,18-,22?. The lowest BCUT2D eigenvalue weighted by Crippen LogP contribution is -2.39. The van der Waals surface area contributed by atoms with Gasteiger partial charge in [-0.3, -0.25) is 10.1 Å². The number of nitrogens with zero attached hydrogens (tertiary/aromatic N) is 1. The minimum Gasteiger partial charge on any atom is -0.374 e. The van der Waals surface area contributed by atoms with Gasteiger partial charge in [-0.2, -0.15) is 0 Å². The number of H-pyrrole nitrogens is 1. The summed E-state index contributed by atoms with van der Waals surface area (Å²) < 4.78 is 0.919. The number of aromatic nitrogens is 1. The van der Waals surface area contributed by atoms with E-state index in [-0.39, 0.29) is 5.56 Å². The maximum atomic E-state index is 12.3. The zero-order chi connectivity index (χ0) is 22.0. The number of hydrogen-bond donors (Lipinski definition) is 4. The monoisotopic (exact) mass is 476 g/mol. The molecule has 0 bridgehead atoms. The summed E-state index contributed by atoms with van der Waals surface area (Å²) >= 11 is 3.60. The second-order valence-electron chi connectivity index (χ2n) is 8.55. The molecule has 6 nitrogen and oxygen atoms in total. The van der Waals surface area contributed by atoms with Crippen LogP contribution < -0.4 is 21.5 Å². The van der Waals surface area contributed by atoms with Gasteiger partial charge in [0, 0.05) is 52.7 Å².